The summed E-state index contributed by atoms with van der Waals surface area (Å²) in [5, 5.41) is 13.1. The molecule has 20 heavy (non-hydrogen) atoms. The zero-order valence-corrected chi connectivity index (χ0v) is 13.4. The number of carbonyl (C=O) groups is 1. The lowest BCUT2D eigenvalue weighted by Crippen LogP contribution is -2.13. The molecule has 2 aromatic rings. The number of phenols is 1. The van der Waals surface area contributed by atoms with Gasteiger partial charge in [-0.2, -0.15) is 0 Å². The average Bonchev–Trinajstić information content (AvgIpc) is 2.42. The van der Waals surface area contributed by atoms with E-state index in [9.17, 15) is 9.90 Å². The molecule has 0 aliphatic rings. The number of phenolic OH excluding ortho intramolecular Hbond substituents is 1. The molecule has 0 radical (unpaired) electrons. The van der Waals surface area contributed by atoms with Crippen molar-refractivity contribution in [2.24, 2.45) is 0 Å². The van der Waals surface area contributed by atoms with Crippen molar-refractivity contribution >= 4 is 45.8 Å². The maximum Gasteiger partial charge on any atom is 0.259 e. The van der Waals surface area contributed by atoms with Crippen molar-refractivity contribution in [1.82, 2.24) is 0 Å². The third kappa shape index (κ3) is 3.34. The Morgan fingerprint density at radius 3 is 2.70 bits per heavy atom. The molecule has 0 saturated carbocycles. The minimum atomic E-state index is -0.415. The van der Waals surface area contributed by atoms with Crippen LogP contribution >= 0.6 is 34.2 Å². The third-order valence-electron chi connectivity index (χ3n) is 2.63. The number of anilines is 1. The van der Waals surface area contributed by atoms with Gasteiger partial charge in [-0.1, -0.05) is 11.6 Å². The molecule has 0 aliphatic carbocycles. The number of methoxy groups -OCH3 is 1. The molecule has 0 atom stereocenters. The number of aromatic hydroxyl groups is 1. The summed E-state index contributed by atoms with van der Waals surface area (Å²) in [5.74, 6) is -0.0207. The van der Waals surface area contributed by atoms with Gasteiger partial charge in [0.25, 0.3) is 5.91 Å². The van der Waals surface area contributed by atoms with Crippen LogP contribution < -0.4 is 10.1 Å². The van der Waals surface area contributed by atoms with Gasteiger partial charge in [0.05, 0.1) is 18.4 Å². The van der Waals surface area contributed by atoms with Crippen LogP contribution in [0.4, 0.5) is 5.69 Å². The molecule has 0 aromatic heterocycles. The van der Waals surface area contributed by atoms with Crippen LogP contribution in [0.3, 0.4) is 0 Å². The van der Waals surface area contributed by atoms with Crippen LogP contribution in [0.25, 0.3) is 0 Å². The maximum atomic E-state index is 12.2. The van der Waals surface area contributed by atoms with E-state index in [0.29, 0.717) is 16.5 Å². The molecule has 0 spiro atoms. The first-order chi connectivity index (χ1) is 9.51. The Balaban J connectivity index is 2.28. The van der Waals surface area contributed by atoms with Gasteiger partial charge in [-0.3, -0.25) is 4.79 Å². The van der Waals surface area contributed by atoms with Gasteiger partial charge < -0.3 is 15.2 Å². The smallest absolute Gasteiger partial charge is 0.259 e. The largest absolute Gasteiger partial charge is 0.507 e. The Morgan fingerprint density at radius 2 is 2.05 bits per heavy atom. The Bertz CT molecular complexity index is 661. The van der Waals surface area contributed by atoms with Crippen LogP contribution in [0.2, 0.25) is 5.02 Å². The van der Waals surface area contributed by atoms with Crippen molar-refractivity contribution in [3.63, 3.8) is 0 Å². The number of amides is 1. The van der Waals surface area contributed by atoms with Gasteiger partial charge in [0, 0.05) is 8.59 Å². The van der Waals surface area contributed by atoms with E-state index in [1.165, 1.54) is 19.2 Å². The number of hydrogen-bond acceptors (Lipinski definition) is 3. The predicted octanol–water partition coefficient (Wildman–Crippen LogP) is 3.91. The molecular weight excluding hydrogens is 393 g/mol. The lowest BCUT2D eigenvalue weighted by molar-refractivity contribution is 0.102. The molecule has 6 heteroatoms. The van der Waals surface area contributed by atoms with Gasteiger partial charge in [0.2, 0.25) is 0 Å². The van der Waals surface area contributed by atoms with Crippen molar-refractivity contribution in [2.75, 3.05) is 12.4 Å². The minimum absolute atomic E-state index is 0.104. The fraction of sp³-hybridized carbons (Fsp3) is 0.0714. The van der Waals surface area contributed by atoms with Gasteiger partial charge >= 0.3 is 0 Å². The number of benzene rings is 2. The molecule has 0 saturated heterocycles. The summed E-state index contributed by atoms with van der Waals surface area (Å²) in [6.07, 6.45) is 0. The molecule has 2 aromatic carbocycles. The van der Waals surface area contributed by atoms with Gasteiger partial charge in [-0.25, -0.2) is 0 Å². The van der Waals surface area contributed by atoms with Gasteiger partial charge in [0.15, 0.2) is 0 Å². The standard InChI is InChI=1S/C14H11ClINO3/c1-20-9-3-5-13(18)10(7-9)14(19)17-12-4-2-8(15)6-11(12)16/h2-7,18H,1H3,(H,17,19). The first kappa shape index (κ1) is 14.9. The van der Waals surface area contributed by atoms with E-state index in [-0.39, 0.29) is 11.3 Å². The second-order valence-corrected chi connectivity index (χ2v) is 5.56. The van der Waals surface area contributed by atoms with E-state index < -0.39 is 5.91 Å². The highest BCUT2D eigenvalue weighted by atomic mass is 127. The second kappa shape index (κ2) is 6.32. The Kier molecular flexibility index (Phi) is 4.72. The number of ether oxygens (including phenoxy) is 1. The van der Waals surface area contributed by atoms with Crippen LogP contribution in [0.1, 0.15) is 10.4 Å². The highest BCUT2D eigenvalue weighted by molar-refractivity contribution is 14.1. The molecular formula is C14H11ClINO3. The van der Waals surface area contributed by atoms with Crippen LogP contribution in [-0.2, 0) is 0 Å². The molecule has 2 N–H and O–H groups in total. The van der Waals surface area contributed by atoms with Crippen LogP contribution in [0, 0.1) is 3.57 Å². The van der Waals surface area contributed by atoms with Gasteiger partial charge in [0.1, 0.15) is 11.5 Å². The molecule has 0 aliphatic heterocycles. The van der Waals surface area contributed by atoms with E-state index >= 15 is 0 Å². The highest BCUT2D eigenvalue weighted by Crippen LogP contribution is 2.26. The Labute approximate surface area is 134 Å². The lowest BCUT2D eigenvalue weighted by atomic mass is 10.1. The maximum absolute atomic E-state index is 12.2. The number of halogens is 2. The summed E-state index contributed by atoms with van der Waals surface area (Å²) in [7, 11) is 1.50. The fourth-order valence-corrected chi connectivity index (χ4v) is 2.61. The lowest BCUT2D eigenvalue weighted by Gasteiger charge is -2.10. The summed E-state index contributed by atoms with van der Waals surface area (Å²) in [4.78, 5) is 12.2. The minimum Gasteiger partial charge on any atom is -0.507 e. The summed E-state index contributed by atoms with van der Waals surface area (Å²) in [6, 6.07) is 9.61. The van der Waals surface area contributed by atoms with E-state index in [1.807, 2.05) is 0 Å². The quantitative estimate of drug-likeness (QED) is 0.764. The molecule has 0 fully saturated rings. The van der Waals surface area contributed by atoms with E-state index in [1.54, 1.807) is 24.3 Å². The van der Waals surface area contributed by atoms with Gasteiger partial charge in [-0.05, 0) is 59.0 Å². The van der Waals surface area contributed by atoms with Crippen molar-refractivity contribution in [2.45, 2.75) is 0 Å². The molecule has 0 bridgehead atoms. The highest BCUT2D eigenvalue weighted by Gasteiger charge is 2.14. The molecule has 104 valence electrons. The van der Waals surface area contributed by atoms with E-state index in [2.05, 4.69) is 27.9 Å². The normalized spacial score (nSPS) is 10.2. The third-order valence-corrected chi connectivity index (χ3v) is 3.76. The summed E-state index contributed by atoms with van der Waals surface area (Å²) >= 11 is 7.94. The fourth-order valence-electron chi connectivity index (χ4n) is 1.60. The van der Waals surface area contributed by atoms with Crippen LogP contribution in [0.5, 0.6) is 11.5 Å². The van der Waals surface area contributed by atoms with Crippen LogP contribution in [0.15, 0.2) is 36.4 Å². The zero-order chi connectivity index (χ0) is 14.7. The van der Waals surface area contributed by atoms with Crippen LogP contribution in [-0.4, -0.2) is 18.1 Å². The van der Waals surface area contributed by atoms with Crippen molar-refractivity contribution in [3.8, 4) is 11.5 Å². The monoisotopic (exact) mass is 403 g/mol. The zero-order valence-electron chi connectivity index (χ0n) is 10.5. The van der Waals surface area contributed by atoms with Crippen molar-refractivity contribution in [1.29, 1.82) is 0 Å². The number of rotatable bonds is 3. The molecule has 0 heterocycles. The topological polar surface area (TPSA) is 58.6 Å². The SMILES string of the molecule is COc1ccc(O)c(C(=O)Nc2ccc(Cl)cc2I)c1. The van der Waals surface area contributed by atoms with E-state index in [4.69, 9.17) is 16.3 Å². The molecule has 0 unspecified atom stereocenters. The predicted molar refractivity (Wildman–Crippen MR) is 86.8 cm³/mol. The molecule has 4 nitrogen and oxygen atoms in total. The second-order valence-electron chi connectivity index (χ2n) is 3.96. The van der Waals surface area contributed by atoms with Gasteiger partial charge in [-0.15, -0.1) is 0 Å². The summed E-state index contributed by atoms with van der Waals surface area (Å²) in [5.41, 5.74) is 0.775. The first-order valence-electron chi connectivity index (χ1n) is 5.64. The van der Waals surface area contributed by atoms with Crippen molar-refractivity contribution in [3.05, 3.63) is 50.6 Å². The Hall–Kier alpha value is -1.47. The number of hydrogen-bond donors (Lipinski definition) is 2. The molecule has 1 amide bonds. The number of nitrogens with one attached hydrogen (secondary N) is 1. The summed E-state index contributed by atoms with van der Waals surface area (Å²) in [6.45, 7) is 0. The Morgan fingerprint density at radius 1 is 1.30 bits per heavy atom. The van der Waals surface area contributed by atoms with Crippen molar-refractivity contribution < 1.29 is 14.6 Å². The van der Waals surface area contributed by atoms with E-state index in [0.717, 1.165) is 3.57 Å². The summed E-state index contributed by atoms with van der Waals surface area (Å²) < 4.78 is 5.85. The average molecular weight is 404 g/mol. The number of carbonyl (C=O) groups excluding carboxylic acids is 1. The molecule has 2 rings (SSSR count). The first-order valence-corrected chi connectivity index (χ1v) is 7.10.